The molecule has 0 spiro atoms. The van der Waals surface area contributed by atoms with E-state index in [9.17, 15) is 9.59 Å². The highest BCUT2D eigenvalue weighted by molar-refractivity contribution is 6.06. The summed E-state index contributed by atoms with van der Waals surface area (Å²) in [6.45, 7) is 6.02. The summed E-state index contributed by atoms with van der Waals surface area (Å²) in [7, 11) is 2.54. The maximum Gasteiger partial charge on any atom is 0.357 e. The van der Waals surface area contributed by atoms with Crippen LogP contribution in [0.25, 0.3) is 16.9 Å². The van der Waals surface area contributed by atoms with Gasteiger partial charge in [-0.3, -0.25) is 4.90 Å². The van der Waals surface area contributed by atoms with Crippen LogP contribution < -0.4 is 4.74 Å². The van der Waals surface area contributed by atoms with E-state index in [0.29, 0.717) is 23.6 Å². The van der Waals surface area contributed by atoms with Crippen LogP contribution in [0.2, 0.25) is 0 Å². The fourth-order valence-electron chi connectivity index (χ4n) is 4.45. The van der Waals surface area contributed by atoms with Gasteiger partial charge in [0.25, 0.3) is 0 Å². The summed E-state index contributed by atoms with van der Waals surface area (Å²) in [5, 5.41) is 4.62. The molecular formula is C27H31N3O5. The standard InChI is InChI=1S/C27H31N3O5/c1-19-8-7-15-29(18-19)16-17-35-22-13-11-20(12-14-22)24-23(26(31)33-2)25(27(32)34-3)30(28-24)21-9-5-4-6-10-21/h4-6,9-14,19H,7-8,15-18H2,1-3H3. The number of hydrogen-bond acceptors (Lipinski definition) is 7. The van der Waals surface area contributed by atoms with Gasteiger partial charge in [-0.2, -0.15) is 5.10 Å². The fourth-order valence-corrected chi connectivity index (χ4v) is 4.45. The van der Waals surface area contributed by atoms with Gasteiger partial charge in [-0.1, -0.05) is 25.1 Å². The van der Waals surface area contributed by atoms with Gasteiger partial charge in [0.2, 0.25) is 0 Å². The number of carbonyl (C=O) groups excluding carboxylic acids is 2. The lowest BCUT2D eigenvalue weighted by atomic mass is 10.0. The van der Waals surface area contributed by atoms with Gasteiger partial charge in [0.05, 0.1) is 19.9 Å². The van der Waals surface area contributed by atoms with Crippen LogP contribution in [0.3, 0.4) is 0 Å². The molecule has 1 aliphatic rings. The number of para-hydroxylation sites is 1. The Morgan fingerprint density at radius 1 is 1.00 bits per heavy atom. The minimum absolute atomic E-state index is 0.0108. The molecule has 3 aromatic rings. The van der Waals surface area contributed by atoms with E-state index < -0.39 is 11.9 Å². The van der Waals surface area contributed by atoms with Crippen LogP contribution in [-0.2, 0) is 9.47 Å². The van der Waals surface area contributed by atoms with Crippen molar-refractivity contribution in [3.05, 3.63) is 65.9 Å². The summed E-state index contributed by atoms with van der Waals surface area (Å²) in [6.07, 6.45) is 2.53. The molecule has 0 aliphatic carbocycles. The van der Waals surface area contributed by atoms with Crippen molar-refractivity contribution in [1.82, 2.24) is 14.7 Å². The van der Waals surface area contributed by atoms with Crippen molar-refractivity contribution in [2.45, 2.75) is 19.8 Å². The second-order valence-electron chi connectivity index (χ2n) is 8.72. The number of rotatable bonds is 8. The topological polar surface area (TPSA) is 82.9 Å². The molecular weight excluding hydrogens is 446 g/mol. The number of likely N-dealkylation sites (tertiary alicyclic amines) is 1. The van der Waals surface area contributed by atoms with Crippen LogP contribution in [0.4, 0.5) is 0 Å². The third kappa shape index (κ3) is 5.54. The molecule has 35 heavy (non-hydrogen) atoms. The van der Waals surface area contributed by atoms with Gasteiger partial charge < -0.3 is 14.2 Å². The van der Waals surface area contributed by atoms with Crippen molar-refractivity contribution in [1.29, 1.82) is 0 Å². The zero-order chi connectivity index (χ0) is 24.8. The van der Waals surface area contributed by atoms with Gasteiger partial charge in [-0.25, -0.2) is 14.3 Å². The van der Waals surface area contributed by atoms with Crippen molar-refractivity contribution < 1.29 is 23.8 Å². The third-order valence-corrected chi connectivity index (χ3v) is 6.20. The maximum absolute atomic E-state index is 12.8. The van der Waals surface area contributed by atoms with Crippen molar-refractivity contribution in [2.75, 3.05) is 40.5 Å². The lowest BCUT2D eigenvalue weighted by Crippen LogP contribution is -2.37. The quantitative estimate of drug-likeness (QED) is 0.449. The number of piperidine rings is 1. The number of benzene rings is 2. The Morgan fingerprint density at radius 2 is 1.71 bits per heavy atom. The Bertz CT molecular complexity index is 1160. The zero-order valence-corrected chi connectivity index (χ0v) is 20.4. The first-order chi connectivity index (χ1) is 17.0. The number of esters is 2. The predicted molar refractivity (Wildman–Crippen MR) is 132 cm³/mol. The molecule has 1 aromatic heterocycles. The molecule has 1 unspecified atom stereocenters. The first kappa shape index (κ1) is 24.5. The first-order valence-electron chi connectivity index (χ1n) is 11.8. The molecule has 0 saturated carbocycles. The molecule has 8 nitrogen and oxygen atoms in total. The number of ether oxygens (including phenoxy) is 3. The van der Waals surface area contributed by atoms with Crippen LogP contribution in [0.1, 0.15) is 40.6 Å². The molecule has 0 bridgehead atoms. The first-order valence-corrected chi connectivity index (χ1v) is 11.8. The Balaban J connectivity index is 1.60. The molecule has 1 fully saturated rings. The fraction of sp³-hybridized carbons (Fsp3) is 0.370. The van der Waals surface area contributed by atoms with E-state index in [1.54, 1.807) is 12.1 Å². The smallest absolute Gasteiger partial charge is 0.357 e. The highest BCUT2D eigenvalue weighted by Crippen LogP contribution is 2.30. The summed E-state index contributed by atoms with van der Waals surface area (Å²) in [5.74, 6) is 0.116. The van der Waals surface area contributed by atoms with Crippen molar-refractivity contribution in [2.24, 2.45) is 5.92 Å². The van der Waals surface area contributed by atoms with E-state index in [-0.39, 0.29) is 11.3 Å². The summed E-state index contributed by atoms with van der Waals surface area (Å²) in [4.78, 5) is 27.9. The average molecular weight is 478 g/mol. The van der Waals surface area contributed by atoms with Gasteiger partial charge in [0.15, 0.2) is 5.69 Å². The van der Waals surface area contributed by atoms with E-state index in [4.69, 9.17) is 14.2 Å². The molecule has 184 valence electrons. The number of hydrogen-bond donors (Lipinski definition) is 0. The molecule has 1 aliphatic heterocycles. The van der Waals surface area contributed by atoms with Crippen molar-refractivity contribution in [3.8, 4) is 22.7 Å². The summed E-state index contributed by atoms with van der Waals surface area (Å²) in [6, 6.07) is 16.4. The molecule has 2 heterocycles. The lowest BCUT2D eigenvalue weighted by molar-refractivity contribution is 0.0549. The number of aromatic nitrogens is 2. The average Bonchev–Trinajstić information content (AvgIpc) is 3.29. The molecule has 8 heteroatoms. The molecule has 1 saturated heterocycles. The minimum Gasteiger partial charge on any atom is -0.492 e. The summed E-state index contributed by atoms with van der Waals surface area (Å²) < 4.78 is 17.3. The normalized spacial score (nSPS) is 16.0. The van der Waals surface area contributed by atoms with Crippen LogP contribution in [-0.4, -0.2) is 67.1 Å². The largest absolute Gasteiger partial charge is 0.492 e. The Hall–Kier alpha value is -3.65. The SMILES string of the molecule is COC(=O)c1c(-c2ccc(OCCN3CCCC(C)C3)cc2)nn(-c2ccccc2)c1C(=O)OC. The van der Waals surface area contributed by atoms with E-state index in [1.165, 1.54) is 31.7 Å². The lowest BCUT2D eigenvalue weighted by Gasteiger charge is -2.30. The highest BCUT2D eigenvalue weighted by Gasteiger charge is 2.31. The van der Waals surface area contributed by atoms with Crippen molar-refractivity contribution >= 4 is 11.9 Å². The maximum atomic E-state index is 12.8. The molecule has 2 aromatic carbocycles. The van der Waals surface area contributed by atoms with Crippen LogP contribution in [0, 0.1) is 5.92 Å². The summed E-state index contributed by atoms with van der Waals surface area (Å²) in [5.41, 5.74) is 1.67. The number of carbonyl (C=O) groups is 2. The van der Waals surface area contributed by atoms with E-state index >= 15 is 0 Å². The van der Waals surface area contributed by atoms with E-state index in [1.807, 2.05) is 42.5 Å². The van der Waals surface area contributed by atoms with Gasteiger partial charge in [0, 0.05) is 18.7 Å². The zero-order valence-electron chi connectivity index (χ0n) is 20.4. The number of methoxy groups -OCH3 is 2. The highest BCUT2D eigenvalue weighted by atomic mass is 16.5. The Morgan fingerprint density at radius 3 is 2.37 bits per heavy atom. The van der Waals surface area contributed by atoms with Gasteiger partial charge >= 0.3 is 11.9 Å². The van der Waals surface area contributed by atoms with Gasteiger partial charge in [-0.05, 0) is 61.7 Å². The van der Waals surface area contributed by atoms with Gasteiger partial charge in [0.1, 0.15) is 23.6 Å². The van der Waals surface area contributed by atoms with E-state index in [2.05, 4.69) is 16.9 Å². The van der Waals surface area contributed by atoms with Crippen LogP contribution in [0.5, 0.6) is 5.75 Å². The van der Waals surface area contributed by atoms with Crippen LogP contribution in [0.15, 0.2) is 54.6 Å². The third-order valence-electron chi connectivity index (χ3n) is 6.20. The predicted octanol–water partition coefficient (Wildman–Crippen LogP) is 4.22. The Kier molecular flexibility index (Phi) is 7.82. The van der Waals surface area contributed by atoms with Crippen molar-refractivity contribution in [3.63, 3.8) is 0 Å². The number of nitrogens with zero attached hydrogens (tertiary/aromatic N) is 3. The van der Waals surface area contributed by atoms with Gasteiger partial charge in [-0.15, -0.1) is 0 Å². The molecule has 0 amide bonds. The molecule has 0 N–H and O–H groups in total. The molecule has 1 atom stereocenters. The minimum atomic E-state index is -0.681. The van der Waals surface area contributed by atoms with E-state index in [0.717, 1.165) is 31.3 Å². The summed E-state index contributed by atoms with van der Waals surface area (Å²) >= 11 is 0. The molecule has 4 rings (SSSR count). The molecule has 0 radical (unpaired) electrons. The Labute approximate surface area is 205 Å². The monoisotopic (exact) mass is 477 g/mol. The second kappa shape index (κ2) is 11.2. The second-order valence-corrected chi connectivity index (χ2v) is 8.72. The van der Waals surface area contributed by atoms with Crippen LogP contribution >= 0.6 is 0 Å².